The predicted molar refractivity (Wildman–Crippen MR) is 105 cm³/mol. The fourth-order valence-corrected chi connectivity index (χ4v) is 7.08. The van der Waals surface area contributed by atoms with Crippen molar-refractivity contribution in [1.29, 1.82) is 0 Å². The van der Waals surface area contributed by atoms with Crippen molar-refractivity contribution >= 4 is 0 Å². The summed E-state index contributed by atoms with van der Waals surface area (Å²) in [7, 11) is 0. The van der Waals surface area contributed by atoms with Crippen LogP contribution in [0, 0.1) is 0 Å². The lowest BCUT2D eigenvalue weighted by molar-refractivity contribution is 0.0521. The highest BCUT2D eigenvalue weighted by molar-refractivity contribution is 5.65. The average Bonchev–Trinajstić information content (AvgIpc) is 3.28. The van der Waals surface area contributed by atoms with Crippen LogP contribution >= 0.6 is 0 Å². The molecule has 1 spiro atoms. The molecule has 27 heavy (non-hydrogen) atoms. The van der Waals surface area contributed by atoms with Crippen LogP contribution in [0.4, 0.5) is 0 Å². The molecule has 2 atom stereocenters. The number of rotatable bonds is 0. The Labute approximate surface area is 158 Å². The molecule has 1 aromatic heterocycles. The Morgan fingerprint density at radius 1 is 0.741 bits per heavy atom. The number of aromatic nitrogens is 1. The van der Waals surface area contributed by atoms with E-state index >= 15 is 0 Å². The summed E-state index contributed by atoms with van der Waals surface area (Å²) >= 11 is 0. The number of allylic oxidation sites excluding steroid dienone is 1. The Bertz CT molecular complexity index is 1230. The predicted octanol–water partition coefficient (Wildman–Crippen LogP) is 4.12. The molecular weight excluding hydrogens is 328 g/mol. The summed E-state index contributed by atoms with van der Waals surface area (Å²) in [6.07, 6.45) is 8.16. The van der Waals surface area contributed by atoms with Gasteiger partial charge < -0.3 is 9.47 Å². The summed E-state index contributed by atoms with van der Waals surface area (Å²) in [4.78, 5) is 2.84. The Morgan fingerprint density at radius 3 is 2.19 bits per heavy atom. The number of nitrogens with zero attached hydrogens (tertiary/aromatic N) is 2. The van der Waals surface area contributed by atoms with Crippen LogP contribution in [0.25, 0.3) is 0 Å². The summed E-state index contributed by atoms with van der Waals surface area (Å²) in [6, 6.07) is 19.5. The maximum absolute atomic E-state index is 2.84. The number of hydrogen-bond acceptors (Lipinski definition) is 1. The second-order valence-corrected chi connectivity index (χ2v) is 8.92. The van der Waals surface area contributed by atoms with E-state index in [2.05, 4.69) is 64.1 Å². The molecule has 4 aliphatic heterocycles. The summed E-state index contributed by atoms with van der Waals surface area (Å²) < 4.78 is 2.75. The van der Waals surface area contributed by atoms with Crippen LogP contribution in [0.15, 0.2) is 60.3 Å². The minimum Gasteiger partial charge on any atom is -0.341 e. The van der Waals surface area contributed by atoms with Gasteiger partial charge in [-0.15, -0.1) is 0 Å². The third kappa shape index (κ3) is 1.26. The van der Waals surface area contributed by atoms with Crippen molar-refractivity contribution in [2.45, 2.75) is 43.8 Å². The van der Waals surface area contributed by atoms with Gasteiger partial charge in [-0.25, -0.2) is 0 Å². The number of hydrogen-bond donors (Lipinski definition) is 0. The summed E-state index contributed by atoms with van der Waals surface area (Å²) in [6.45, 7) is 0. The van der Waals surface area contributed by atoms with Crippen molar-refractivity contribution in [3.05, 3.63) is 105 Å². The smallest absolute Gasteiger partial charge is 0.171 e. The van der Waals surface area contributed by atoms with Gasteiger partial charge in [-0.3, -0.25) is 0 Å². The molecule has 2 heteroatoms. The van der Waals surface area contributed by atoms with E-state index in [1.165, 1.54) is 35.4 Å². The van der Waals surface area contributed by atoms with Crippen LogP contribution in [0.5, 0.6) is 0 Å². The van der Waals surface area contributed by atoms with Gasteiger partial charge in [0.15, 0.2) is 5.66 Å². The molecule has 8 rings (SSSR count). The molecule has 0 bridgehead atoms. The fourth-order valence-electron chi connectivity index (χ4n) is 7.08. The highest BCUT2D eigenvalue weighted by Gasteiger charge is 2.59. The van der Waals surface area contributed by atoms with Gasteiger partial charge in [0, 0.05) is 53.5 Å². The first-order chi connectivity index (χ1) is 13.4. The van der Waals surface area contributed by atoms with Gasteiger partial charge >= 0.3 is 0 Å². The topological polar surface area (TPSA) is 8.17 Å². The van der Waals surface area contributed by atoms with Crippen molar-refractivity contribution in [3.8, 4) is 0 Å². The molecule has 5 aliphatic rings. The summed E-state index contributed by atoms with van der Waals surface area (Å²) in [5, 5.41) is 0. The molecule has 2 nitrogen and oxygen atoms in total. The Hall–Kier alpha value is -2.74. The first kappa shape index (κ1) is 13.4. The van der Waals surface area contributed by atoms with Crippen LogP contribution in [0.2, 0.25) is 0 Å². The second-order valence-electron chi connectivity index (χ2n) is 8.92. The second kappa shape index (κ2) is 4.06. The molecule has 1 aliphatic carbocycles. The van der Waals surface area contributed by atoms with Crippen LogP contribution in [0.3, 0.4) is 0 Å². The molecule has 3 aromatic rings. The quantitative estimate of drug-likeness (QED) is 0.593. The molecular formula is C25H20N2. The molecule has 0 fully saturated rings. The first-order valence-corrected chi connectivity index (χ1v) is 10.3. The lowest BCUT2D eigenvalue weighted by Gasteiger charge is -2.60. The fraction of sp³-hybridized carbons (Fsp3) is 0.280. The highest BCUT2D eigenvalue weighted by atomic mass is 15.4. The van der Waals surface area contributed by atoms with Crippen molar-refractivity contribution in [2.75, 3.05) is 0 Å². The molecule has 1 unspecified atom stereocenters. The van der Waals surface area contributed by atoms with Gasteiger partial charge in [0.05, 0.1) is 0 Å². The molecule has 0 N–H and O–H groups in total. The zero-order chi connectivity index (χ0) is 17.3. The largest absolute Gasteiger partial charge is 0.341 e. The Morgan fingerprint density at radius 2 is 1.41 bits per heavy atom. The monoisotopic (exact) mass is 348 g/mol. The van der Waals surface area contributed by atoms with Crippen molar-refractivity contribution < 1.29 is 0 Å². The summed E-state index contributed by atoms with van der Waals surface area (Å²) in [5.41, 5.74) is 13.8. The molecule has 0 saturated carbocycles. The zero-order valence-electron chi connectivity index (χ0n) is 15.2. The minimum absolute atomic E-state index is 0.133. The van der Waals surface area contributed by atoms with Gasteiger partial charge in [-0.1, -0.05) is 42.5 Å². The van der Waals surface area contributed by atoms with E-state index in [-0.39, 0.29) is 5.66 Å². The third-order valence-electron chi connectivity index (χ3n) is 7.76. The summed E-state index contributed by atoms with van der Waals surface area (Å²) in [5.74, 6) is 0. The normalized spacial score (nSPS) is 27.2. The van der Waals surface area contributed by atoms with Crippen molar-refractivity contribution in [2.24, 2.45) is 0 Å². The van der Waals surface area contributed by atoms with E-state index in [1.54, 1.807) is 28.0 Å². The van der Waals surface area contributed by atoms with E-state index in [4.69, 9.17) is 0 Å². The van der Waals surface area contributed by atoms with Gasteiger partial charge in [0.2, 0.25) is 0 Å². The van der Waals surface area contributed by atoms with Gasteiger partial charge in [0.25, 0.3) is 0 Å². The van der Waals surface area contributed by atoms with Crippen LogP contribution in [-0.2, 0) is 31.3 Å². The van der Waals surface area contributed by atoms with Crippen molar-refractivity contribution in [3.63, 3.8) is 0 Å². The molecule has 2 aromatic carbocycles. The standard InChI is InChI=1S/C25H20N2/c1-3-15-11-16-4-2-6-18-13-20-8-10-22-14-21-9-7-19-12-17(5-1)23(15)25(24(16)18,26(19)21)27(20)22/h1-9,22H,10-14H2/t22?,25-/m0/s1. The van der Waals surface area contributed by atoms with Gasteiger partial charge in [-0.2, -0.15) is 0 Å². The Kier molecular flexibility index (Phi) is 2.02. The van der Waals surface area contributed by atoms with Gasteiger partial charge in [0.1, 0.15) is 0 Å². The molecule has 0 amide bonds. The highest BCUT2D eigenvalue weighted by Crippen LogP contribution is 2.59. The number of benzene rings is 2. The van der Waals surface area contributed by atoms with E-state index < -0.39 is 0 Å². The minimum atomic E-state index is -0.133. The third-order valence-corrected chi connectivity index (χ3v) is 7.76. The van der Waals surface area contributed by atoms with Crippen molar-refractivity contribution in [1.82, 2.24) is 9.47 Å². The van der Waals surface area contributed by atoms with E-state index in [0.29, 0.717) is 6.04 Å². The SMILES string of the molecule is C1=C2Cc3cccc4c3[C@@]35c6c(cccc6Cc6ccc(n63)CC(C1)N25)C4. The maximum Gasteiger partial charge on any atom is 0.171 e. The molecule has 0 saturated heterocycles. The van der Waals surface area contributed by atoms with E-state index in [9.17, 15) is 0 Å². The van der Waals surface area contributed by atoms with Crippen LogP contribution in [-0.4, -0.2) is 15.5 Å². The lowest BCUT2D eigenvalue weighted by Crippen LogP contribution is -2.63. The van der Waals surface area contributed by atoms with E-state index in [0.717, 1.165) is 19.3 Å². The molecule has 0 radical (unpaired) electrons. The average molecular weight is 348 g/mol. The van der Waals surface area contributed by atoms with E-state index in [1.807, 2.05) is 0 Å². The van der Waals surface area contributed by atoms with Gasteiger partial charge in [-0.05, 0) is 47.2 Å². The zero-order valence-corrected chi connectivity index (χ0v) is 15.2. The molecule has 130 valence electrons. The first-order valence-electron chi connectivity index (χ1n) is 10.3. The van der Waals surface area contributed by atoms with Crippen LogP contribution in [0.1, 0.15) is 51.2 Å². The lowest BCUT2D eigenvalue weighted by atomic mass is 9.67. The Balaban J connectivity index is 1.66. The van der Waals surface area contributed by atoms with Crippen LogP contribution < -0.4 is 0 Å². The maximum atomic E-state index is 2.84. The molecule has 5 heterocycles.